The highest BCUT2D eigenvalue weighted by Crippen LogP contribution is 2.19. The molecule has 2 N–H and O–H groups in total. The van der Waals surface area contributed by atoms with E-state index in [2.05, 4.69) is 34.4 Å². The third-order valence-electron chi connectivity index (χ3n) is 3.08. The van der Waals surface area contributed by atoms with Gasteiger partial charge >= 0.3 is 0 Å². The molecule has 0 aliphatic carbocycles. The van der Waals surface area contributed by atoms with Crippen LogP contribution < -0.4 is 15.4 Å². The lowest BCUT2D eigenvalue weighted by Gasteiger charge is -2.12. The van der Waals surface area contributed by atoms with Gasteiger partial charge in [0.15, 0.2) is 0 Å². The van der Waals surface area contributed by atoms with Crippen molar-refractivity contribution in [1.82, 2.24) is 9.97 Å². The van der Waals surface area contributed by atoms with Crippen LogP contribution in [0.4, 0.5) is 17.5 Å². The predicted molar refractivity (Wildman–Crippen MR) is 86.3 cm³/mol. The molecule has 0 radical (unpaired) electrons. The highest BCUT2D eigenvalue weighted by molar-refractivity contribution is 5.57. The van der Waals surface area contributed by atoms with Crippen LogP contribution in [0.25, 0.3) is 0 Å². The number of aromatic nitrogens is 2. The van der Waals surface area contributed by atoms with Crippen molar-refractivity contribution in [2.45, 2.75) is 33.2 Å². The summed E-state index contributed by atoms with van der Waals surface area (Å²) >= 11 is 0. The molecule has 5 nitrogen and oxygen atoms in total. The summed E-state index contributed by atoms with van der Waals surface area (Å²) in [4.78, 5) is 8.68. The lowest BCUT2D eigenvalue weighted by molar-refractivity contribution is 0.340. The van der Waals surface area contributed by atoms with E-state index in [0.29, 0.717) is 18.6 Å². The van der Waals surface area contributed by atoms with Crippen LogP contribution in [0, 0.1) is 0 Å². The number of ether oxygens (including phenoxy) is 1. The summed E-state index contributed by atoms with van der Waals surface area (Å²) in [6.45, 7) is 6.87. The SMILES string of the molecule is CCOc1ccc(Nc2ccnc(NC(C)CC)n2)cc1. The normalized spacial score (nSPS) is 11.8. The Morgan fingerprint density at radius 2 is 1.90 bits per heavy atom. The molecular weight excluding hydrogens is 264 g/mol. The Hall–Kier alpha value is -2.30. The fourth-order valence-corrected chi connectivity index (χ4v) is 1.77. The molecule has 112 valence electrons. The van der Waals surface area contributed by atoms with E-state index in [1.54, 1.807) is 6.20 Å². The number of benzene rings is 1. The van der Waals surface area contributed by atoms with E-state index >= 15 is 0 Å². The minimum Gasteiger partial charge on any atom is -0.494 e. The number of nitrogens with zero attached hydrogens (tertiary/aromatic N) is 2. The maximum atomic E-state index is 5.42. The van der Waals surface area contributed by atoms with Gasteiger partial charge in [0.25, 0.3) is 0 Å². The van der Waals surface area contributed by atoms with Crippen LogP contribution in [-0.4, -0.2) is 22.6 Å². The first kappa shape index (κ1) is 15.1. The molecule has 0 aliphatic heterocycles. The quantitative estimate of drug-likeness (QED) is 0.810. The average Bonchev–Trinajstić information content (AvgIpc) is 2.50. The maximum absolute atomic E-state index is 5.42. The topological polar surface area (TPSA) is 59.1 Å². The van der Waals surface area contributed by atoms with Crippen molar-refractivity contribution in [1.29, 1.82) is 0 Å². The number of anilines is 3. The number of nitrogens with one attached hydrogen (secondary N) is 2. The summed E-state index contributed by atoms with van der Waals surface area (Å²) in [7, 11) is 0. The van der Waals surface area contributed by atoms with E-state index in [-0.39, 0.29) is 0 Å². The molecule has 0 spiro atoms. The smallest absolute Gasteiger partial charge is 0.224 e. The summed E-state index contributed by atoms with van der Waals surface area (Å²) in [6.07, 6.45) is 2.77. The first-order valence-corrected chi connectivity index (χ1v) is 7.30. The number of hydrogen-bond acceptors (Lipinski definition) is 5. The van der Waals surface area contributed by atoms with Crippen LogP contribution in [0.5, 0.6) is 5.75 Å². The summed E-state index contributed by atoms with van der Waals surface area (Å²) in [5.74, 6) is 2.27. The minimum absolute atomic E-state index is 0.353. The third-order valence-corrected chi connectivity index (χ3v) is 3.08. The molecule has 5 heteroatoms. The third kappa shape index (κ3) is 4.63. The van der Waals surface area contributed by atoms with Gasteiger partial charge in [0.2, 0.25) is 5.95 Å². The van der Waals surface area contributed by atoms with Gasteiger partial charge in [-0.15, -0.1) is 0 Å². The second-order valence-corrected chi connectivity index (χ2v) is 4.80. The lowest BCUT2D eigenvalue weighted by atomic mass is 10.3. The molecule has 2 aromatic rings. The van der Waals surface area contributed by atoms with E-state index < -0.39 is 0 Å². The van der Waals surface area contributed by atoms with Crippen molar-refractivity contribution in [3.05, 3.63) is 36.5 Å². The van der Waals surface area contributed by atoms with Gasteiger partial charge in [0, 0.05) is 17.9 Å². The molecule has 2 rings (SSSR count). The van der Waals surface area contributed by atoms with E-state index in [4.69, 9.17) is 4.74 Å². The molecule has 0 amide bonds. The molecule has 1 aromatic heterocycles. The highest BCUT2D eigenvalue weighted by Gasteiger charge is 2.03. The van der Waals surface area contributed by atoms with Gasteiger partial charge in [-0.25, -0.2) is 4.98 Å². The van der Waals surface area contributed by atoms with Gasteiger partial charge in [0.05, 0.1) is 6.61 Å². The van der Waals surface area contributed by atoms with Crippen LogP contribution in [0.15, 0.2) is 36.5 Å². The molecular formula is C16H22N4O. The van der Waals surface area contributed by atoms with Crippen molar-refractivity contribution in [3.8, 4) is 5.75 Å². The fourth-order valence-electron chi connectivity index (χ4n) is 1.77. The Morgan fingerprint density at radius 1 is 1.14 bits per heavy atom. The van der Waals surface area contributed by atoms with Crippen molar-refractivity contribution in [2.24, 2.45) is 0 Å². The Labute approximate surface area is 125 Å². The predicted octanol–water partition coefficient (Wildman–Crippen LogP) is 3.83. The second kappa shape index (κ2) is 7.47. The van der Waals surface area contributed by atoms with Crippen LogP contribution in [0.1, 0.15) is 27.2 Å². The van der Waals surface area contributed by atoms with Crippen LogP contribution >= 0.6 is 0 Å². The zero-order chi connectivity index (χ0) is 15.1. The first-order chi connectivity index (χ1) is 10.2. The van der Waals surface area contributed by atoms with Gasteiger partial charge in [-0.3, -0.25) is 0 Å². The fraction of sp³-hybridized carbons (Fsp3) is 0.375. The summed E-state index contributed by atoms with van der Waals surface area (Å²) in [6, 6.07) is 10.0. The monoisotopic (exact) mass is 286 g/mol. The van der Waals surface area contributed by atoms with Gasteiger partial charge in [0.1, 0.15) is 11.6 Å². The standard InChI is InChI=1S/C16H22N4O/c1-4-12(3)18-16-17-11-10-15(20-16)19-13-6-8-14(9-7-13)21-5-2/h6-12H,4-5H2,1-3H3,(H2,17,18,19,20). The largest absolute Gasteiger partial charge is 0.494 e. The van der Waals surface area contributed by atoms with Crippen molar-refractivity contribution < 1.29 is 4.74 Å². The summed E-state index contributed by atoms with van der Waals surface area (Å²) in [5.41, 5.74) is 0.964. The molecule has 0 saturated heterocycles. The average molecular weight is 286 g/mol. The van der Waals surface area contributed by atoms with Gasteiger partial charge < -0.3 is 15.4 Å². The van der Waals surface area contributed by atoms with E-state index in [1.165, 1.54) is 0 Å². The van der Waals surface area contributed by atoms with Gasteiger partial charge in [-0.05, 0) is 50.6 Å². The molecule has 1 atom stereocenters. The Kier molecular flexibility index (Phi) is 5.37. The van der Waals surface area contributed by atoms with Gasteiger partial charge in [-0.2, -0.15) is 4.98 Å². The number of rotatable bonds is 7. The van der Waals surface area contributed by atoms with Crippen molar-refractivity contribution in [3.63, 3.8) is 0 Å². The Bertz CT molecular complexity index is 556. The molecule has 1 unspecified atom stereocenters. The molecule has 0 fully saturated rings. The number of hydrogen-bond donors (Lipinski definition) is 2. The van der Waals surface area contributed by atoms with Crippen LogP contribution in [0.3, 0.4) is 0 Å². The lowest BCUT2D eigenvalue weighted by Crippen LogP contribution is -2.15. The van der Waals surface area contributed by atoms with E-state index in [0.717, 1.165) is 23.7 Å². The van der Waals surface area contributed by atoms with Crippen LogP contribution in [-0.2, 0) is 0 Å². The van der Waals surface area contributed by atoms with Gasteiger partial charge in [-0.1, -0.05) is 6.92 Å². The molecule has 0 bridgehead atoms. The zero-order valence-electron chi connectivity index (χ0n) is 12.8. The van der Waals surface area contributed by atoms with Crippen LogP contribution in [0.2, 0.25) is 0 Å². The molecule has 1 aromatic carbocycles. The van der Waals surface area contributed by atoms with Crippen molar-refractivity contribution >= 4 is 17.5 Å². The molecule has 0 aliphatic rings. The second-order valence-electron chi connectivity index (χ2n) is 4.80. The Morgan fingerprint density at radius 3 is 2.57 bits per heavy atom. The minimum atomic E-state index is 0.353. The first-order valence-electron chi connectivity index (χ1n) is 7.30. The summed E-state index contributed by atoms with van der Waals surface area (Å²) in [5, 5.41) is 6.52. The van der Waals surface area contributed by atoms with Crippen molar-refractivity contribution in [2.75, 3.05) is 17.2 Å². The molecule has 1 heterocycles. The maximum Gasteiger partial charge on any atom is 0.224 e. The molecule has 0 saturated carbocycles. The van der Waals surface area contributed by atoms with E-state index in [9.17, 15) is 0 Å². The Balaban J connectivity index is 2.03. The zero-order valence-corrected chi connectivity index (χ0v) is 12.8. The van der Waals surface area contributed by atoms with E-state index in [1.807, 2.05) is 37.3 Å². The summed E-state index contributed by atoms with van der Waals surface area (Å²) < 4.78 is 5.42. The highest BCUT2D eigenvalue weighted by atomic mass is 16.5. The molecule has 21 heavy (non-hydrogen) atoms.